The van der Waals surface area contributed by atoms with Crippen LogP contribution in [0.1, 0.15) is 5.89 Å². The lowest BCUT2D eigenvalue weighted by Crippen LogP contribution is -2.34. The Morgan fingerprint density at radius 2 is 1.96 bits per heavy atom. The third-order valence-electron chi connectivity index (χ3n) is 3.94. The molecule has 1 N–H and O–H groups in total. The first kappa shape index (κ1) is 15.8. The van der Waals surface area contributed by atoms with E-state index >= 15 is 0 Å². The van der Waals surface area contributed by atoms with Crippen LogP contribution in [0.3, 0.4) is 0 Å². The third kappa shape index (κ3) is 2.88. The number of hydrogen-bond donors (Lipinski definition) is 1. The first-order valence-corrected chi connectivity index (χ1v) is 7.86. The molecule has 4 rings (SSSR count). The van der Waals surface area contributed by atoms with Crippen molar-refractivity contribution in [3.8, 4) is 17.1 Å². The molecular weight excluding hydrogens is 336 g/mol. The molecule has 0 aliphatic heterocycles. The zero-order valence-corrected chi connectivity index (χ0v) is 13.8. The van der Waals surface area contributed by atoms with Gasteiger partial charge in [-0.15, -0.1) is 0 Å². The Balaban J connectivity index is 1.62. The second-order valence-corrected chi connectivity index (χ2v) is 5.66. The van der Waals surface area contributed by atoms with Crippen molar-refractivity contribution in [3.63, 3.8) is 0 Å². The van der Waals surface area contributed by atoms with Crippen LogP contribution < -0.4 is 15.9 Å². The molecule has 8 nitrogen and oxygen atoms in total. The number of aromatic amines is 1. The first-order valence-electron chi connectivity index (χ1n) is 7.86. The molecule has 0 atom stereocenters. The molecule has 0 fully saturated rings. The van der Waals surface area contributed by atoms with Crippen molar-refractivity contribution in [1.82, 2.24) is 19.7 Å². The molecule has 2 aromatic carbocycles. The van der Waals surface area contributed by atoms with E-state index in [-0.39, 0.29) is 6.61 Å². The number of hydrogen-bond acceptors (Lipinski definition) is 6. The van der Waals surface area contributed by atoms with Gasteiger partial charge in [-0.3, -0.25) is 9.59 Å². The third-order valence-corrected chi connectivity index (χ3v) is 3.94. The smallest absolute Gasteiger partial charge is 0.316 e. The highest BCUT2D eigenvalue weighted by molar-refractivity contribution is 5.79. The fourth-order valence-electron chi connectivity index (χ4n) is 2.60. The van der Waals surface area contributed by atoms with Crippen LogP contribution in [-0.2, 0) is 13.7 Å². The van der Waals surface area contributed by atoms with Gasteiger partial charge in [-0.05, 0) is 30.3 Å². The number of H-pyrrole nitrogens is 1. The molecule has 2 aromatic heterocycles. The molecule has 0 radical (unpaired) electrons. The van der Waals surface area contributed by atoms with Crippen LogP contribution in [0.4, 0.5) is 0 Å². The molecular formula is C18H14N4O4. The fraction of sp³-hybridized carbons (Fsp3) is 0.111. The molecule has 130 valence electrons. The number of nitrogens with one attached hydrogen (secondary N) is 1. The average molecular weight is 350 g/mol. The molecule has 0 saturated carbocycles. The van der Waals surface area contributed by atoms with E-state index in [4.69, 9.17) is 9.26 Å². The highest BCUT2D eigenvalue weighted by atomic mass is 16.5. The monoisotopic (exact) mass is 350 g/mol. The van der Waals surface area contributed by atoms with Gasteiger partial charge >= 0.3 is 11.1 Å². The zero-order chi connectivity index (χ0) is 18.1. The summed E-state index contributed by atoms with van der Waals surface area (Å²) in [4.78, 5) is 30.2. The lowest BCUT2D eigenvalue weighted by Gasteiger charge is -2.04. The number of ether oxygens (including phenoxy) is 1. The normalized spacial score (nSPS) is 11.0. The summed E-state index contributed by atoms with van der Waals surface area (Å²) in [7, 11) is 1.55. The SMILES string of the molecule is Cn1c(=O)c(=O)[nH]c2cc(-c3noc(COc4ccccc4)n3)ccc21. The highest BCUT2D eigenvalue weighted by Gasteiger charge is 2.11. The Hall–Kier alpha value is -3.68. The Kier molecular flexibility index (Phi) is 3.85. The quantitative estimate of drug-likeness (QED) is 0.564. The van der Waals surface area contributed by atoms with Crippen LogP contribution >= 0.6 is 0 Å². The van der Waals surface area contributed by atoms with Crippen molar-refractivity contribution < 1.29 is 9.26 Å². The lowest BCUT2D eigenvalue weighted by atomic mass is 10.2. The van der Waals surface area contributed by atoms with E-state index in [1.54, 1.807) is 25.2 Å². The van der Waals surface area contributed by atoms with E-state index in [9.17, 15) is 9.59 Å². The molecule has 2 heterocycles. The first-order chi connectivity index (χ1) is 12.6. The van der Waals surface area contributed by atoms with Crippen molar-refractivity contribution in [2.75, 3.05) is 0 Å². The molecule has 0 unspecified atom stereocenters. The summed E-state index contributed by atoms with van der Waals surface area (Å²) in [6.45, 7) is 0.149. The van der Waals surface area contributed by atoms with Crippen molar-refractivity contribution in [3.05, 3.63) is 75.1 Å². The largest absolute Gasteiger partial charge is 0.484 e. The molecule has 8 heteroatoms. The Morgan fingerprint density at radius 1 is 1.15 bits per heavy atom. The van der Waals surface area contributed by atoms with Crippen LogP contribution in [0.25, 0.3) is 22.4 Å². The van der Waals surface area contributed by atoms with Crippen molar-refractivity contribution in [1.29, 1.82) is 0 Å². The number of aryl methyl sites for hydroxylation is 1. The van der Waals surface area contributed by atoms with E-state index in [1.165, 1.54) is 4.57 Å². The van der Waals surface area contributed by atoms with Gasteiger partial charge in [0, 0.05) is 12.6 Å². The van der Waals surface area contributed by atoms with Crippen LogP contribution in [0, 0.1) is 0 Å². The number of fused-ring (bicyclic) bond motifs is 1. The van der Waals surface area contributed by atoms with Crippen molar-refractivity contribution in [2.45, 2.75) is 6.61 Å². The van der Waals surface area contributed by atoms with E-state index in [0.717, 1.165) is 0 Å². The molecule has 0 amide bonds. The topological polar surface area (TPSA) is 103 Å². The maximum Gasteiger partial charge on any atom is 0.316 e. The molecule has 0 spiro atoms. The summed E-state index contributed by atoms with van der Waals surface area (Å²) in [5.74, 6) is 1.41. The van der Waals surface area contributed by atoms with E-state index in [1.807, 2.05) is 30.3 Å². The van der Waals surface area contributed by atoms with Crippen LogP contribution in [0.15, 0.2) is 62.6 Å². The zero-order valence-electron chi connectivity index (χ0n) is 13.8. The summed E-state index contributed by atoms with van der Waals surface area (Å²) < 4.78 is 12.1. The number of rotatable bonds is 4. The number of benzene rings is 2. The maximum absolute atomic E-state index is 11.7. The standard InChI is InChI=1S/C18H14N4O4/c1-22-14-8-7-11(9-13(14)19-17(23)18(22)24)16-20-15(26-21-16)10-25-12-5-3-2-4-6-12/h2-9H,10H2,1H3,(H,19,23). The molecule has 0 aliphatic carbocycles. The van der Waals surface area contributed by atoms with Gasteiger partial charge in [0.2, 0.25) is 5.82 Å². The van der Waals surface area contributed by atoms with Gasteiger partial charge in [-0.1, -0.05) is 23.4 Å². The predicted octanol–water partition coefficient (Wildman–Crippen LogP) is 1.86. The van der Waals surface area contributed by atoms with Crippen molar-refractivity contribution >= 4 is 11.0 Å². The summed E-state index contributed by atoms with van der Waals surface area (Å²) >= 11 is 0. The molecule has 4 aromatic rings. The number of nitrogens with zero attached hydrogens (tertiary/aromatic N) is 3. The lowest BCUT2D eigenvalue weighted by molar-refractivity contribution is 0.243. The highest BCUT2D eigenvalue weighted by Crippen LogP contribution is 2.20. The van der Waals surface area contributed by atoms with Gasteiger partial charge in [0.1, 0.15) is 5.75 Å². The van der Waals surface area contributed by atoms with Gasteiger partial charge in [-0.2, -0.15) is 4.98 Å². The second kappa shape index (κ2) is 6.32. The van der Waals surface area contributed by atoms with Crippen molar-refractivity contribution in [2.24, 2.45) is 7.05 Å². The second-order valence-electron chi connectivity index (χ2n) is 5.66. The van der Waals surface area contributed by atoms with Crippen LogP contribution in [0.2, 0.25) is 0 Å². The summed E-state index contributed by atoms with van der Waals surface area (Å²) in [6, 6.07) is 14.5. The molecule has 0 saturated heterocycles. The minimum Gasteiger partial charge on any atom is -0.484 e. The van der Waals surface area contributed by atoms with Gasteiger partial charge in [-0.25, -0.2) is 0 Å². The maximum atomic E-state index is 11.7. The van der Waals surface area contributed by atoms with Gasteiger partial charge < -0.3 is 18.8 Å². The van der Waals surface area contributed by atoms with E-state index < -0.39 is 11.1 Å². The summed E-state index contributed by atoms with van der Waals surface area (Å²) in [5, 5.41) is 3.94. The Bertz CT molecular complexity index is 1190. The molecule has 26 heavy (non-hydrogen) atoms. The van der Waals surface area contributed by atoms with E-state index in [2.05, 4.69) is 15.1 Å². The molecule has 0 aliphatic rings. The van der Waals surface area contributed by atoms with Gasteiger partial charge in [0.25, 0.3) is 5.89 Å². The predicted molar refractivity (Wildman–Crippen MR) is 93.9 cm³/mol. The number of para-hydroxylation sites is 1. The number of aromatic nitrogens is 4. The van der Waals surface area contributed by atoms with Crippen LogP contribution in [0.5, 0.6) is 5.75 Å². The minimum absolute atomic E-state index is 0.149. The molecule has 0 bridgehead atoms. The Morgan fingerprint density at radius 3 is 2.77 bits per heavy atom. The average Bonchev–Trinajstić information content (AvgIpc) is 3.14. The van der Waals surface area contributed by atoms with Gasteiger partial charge in [0.05, 0.1) is 11.0 Å². The minimum atomic E-state index is -0.679. The summed E-state index contributed by atoms with van der Waals surface area (Å²) in [6.07, 6.45) is 0. The fourth-order valence-corrected chi connectivity index (χ4v) is 2.60. The van der Waals surface area contributed by atoms with Gasteiger partial charge in [0.15, 0.2) is 6.61 Å². The van der Waals surface area contributed by atoms with E-state index in [0.29, 0.717) is 34.1 Å². The van der Waals surface area contributed by atoms with Crippen LogP contribution in [-0.4, -0.2) is 19.7 Å². The summed E-state index contributed by atoms with van der Waals surface area (Å²) in [5.41, 5.74) is 0.491. The Labute approximate surface area is 146 Å².